The number of amides is 1. The van der Waals surface area contributed by atoms with Gasteiger partial charge in [-0.05, 0) is 61.1 Å². The number of fused-ring (bicyclic) bond motifs is 1. The van der Waals surface area contributed by atoms with E-state index in [4.69, 9.17) is 23.7 Å². The van der Waals surface area contributed by atoms with Crippen molar-refractivity contribution in [2.75, 3.05) is 27.2 Å². The Kier molecular flexibility index (Phi) is 8.96. The second kappa shape index (κ2) is 11.8. The second-order valence-electron chi connectivity index (χ2n) is 14.6. The fourth-order valence-corrected chi connectivity index (χ4v) is 9.06. The maximum Gasteiger partial charge on any atom is 0.410 e. The van der Waals surface area contributed by atoms with Gasteiger partial charge in [-0.2, -0.15) is 0 Å². The van der Waals surface area contributed by atoms with Crippen LogP contribution >= 0.6 is 0 Å². The summed E-state index contributed by atoms with van der Waals surface area (Å²) < 4.78 is 32.2. The summed E-state index contributed by atoms with van der Waals surface area (Å²) in [6, 6.07) is -0.680. The molecule has 0 radical (unpaired) electrons. The molecule has 5 rings (SSSR count). The summed E-state index contributed by atoms with van der Waals surface area (Å²) in [5.41, 5.74) is -3.11. The lowest BCUT2D eigenvalue weighted by Gasteiger charge is -2.48. The first-order valence-electron chi connectivity index (χ1n) is 16.3. The number of carbonyl (C=O) groups excluding carboxylic acids is 3. The average Bonchev–Trinajstić information content (AvgIpc) is 3.31. The molecule has 0 aromatic rings. The number of aliphatic hydroxyl groups excluding tert-OH is 1. The van der Waals surface area contributed by atoms with Gasteiger partial charge in [0.2, 0.25) is 0 Å². The number of ketones is 1. The lowest BCUT2D eigenvalue weighted by atomic mass is 9.73. The van der Waals surface area contributed by atoms with Gasteiger partial charge in [0.05, 0.1) is 23.9 Å². The molecule has 5 saturated heterocycles. The molecule has 3 bridgehead atoms. The maximum atomic E-state index is 14.1. The maximum absolute atomic E-state index is 14.1. The molecule has 0 aliphatic carbocycles. The molecular weight excluding hydrogens is 570 g/mol. The number of hydrogen-bond acceptors (Lipinski definition) is 11. The predicted octanol–water partition coefficient (Wildman–Crippen LogP) is 2.30. The van der Waals surface area contributed by atoms with E-state index >= 15 is 0 Å². The molecule has 12 nitrogen and oxygen atoms in total. The van der Waals surface area contributed by atoms with Crippen molar-refractivity contribution in [1.82, 2.24) is 15.1 Å². The number of nitrogens with one attached hydrogen (secondary N) is 1. The highest BCUT2D eigenvalue weighted by atomic mass is 16.7. The number of likely N-dealkylation sites (N-methyl/N-ethyl adjacent to an activating group) is 1. The lowest BCUT2D eigenvalue weighted by molar-refractivity contribution is -0.301. The zero-order valence-electron chi connectivity index (χ0n) is 28.0. The second-order valence-corrected chi connectivity index (χ2v) is 14.6. The van der Waals surface area contributed by atoms with Gasteiger partial charge in [0.25, 0.3) is 0 Å². The molecule has 14 atom stereocenters. The van der Waals surface area contributed by atoms with E-state index in [-0.39, 0.29) is 29.8 Å². The summed E-state index contributed by atoms with van der Waals surface area (Å²) in [5, 5.41) is 15.0. The van der Waals surface area contributed by atoms with Gasteiger partial charge in [-0.3, -0.25) is 19.8 Å². The van der Waals surface area contributed by atoms with Gasteiger partial charge < -0.3 is 33.7 Å². The number of carbonyl (C=O) groups is 3. The minimum Gasteiger partial charge on any atom is -0.458 e. The number of cyclic esters (lactones) is 1. The molecule has 2 N–H and O–H groups in total. The van der Waals surface area contributed by atoms with Crippen molar-refractivity contribution in [2.45, 2.75) is 134 Å². The molecular formula is C32H53N3O9. The molecule has 44 heavy (non-hydrogen) atoms. The highest BCUT2D eigenvalue weighted by Crippen LogP contribution is 2.54. The molecule has 5 aliphatic heterocycles. The first kappa shape index (κ1) is 33.5. The quantitative estimate of drug-likeness (QED) is 0.353. The van der Waals surface area contributed by atoms with E-state index in [0.717, 1.165) is 0 Å². The molecule has 1 spiro atoms. The van der Waals surface area contributed by atoms with E-state index in [1.807, 2.05) is 46.7 Å². The topological polar surface area (TPSA) is 136 Å². The normalized spacial score (nSPS) is 50.0. The van der Waals surface area contributed by atoms with Gasteiger partial charge in [-0.1, -0.05) is 27.7 Å². The van der Waals surface area contributed by atoms with Crippen LogP contribution in [0, 0.1) is 23.7 Å². The van der Waals surface area contributed by atoms with Crippen LogP contribution in [0.15, 0.2) is 0 Å². The Bertz CT molecular complexity index is 1140. The van der Waals surface area contributed by atoms with E-state index in [1.165, 1.54) is 0 Å². The molecule has 1 amide bonds. The third-order valence-corrected chi connectivity index (χ3v) is 11.3. The van der Waals surface area contributed by atoms with E-state index in [9.17, 15) is 19.5 Å². The summed E-state index contributed by atoms with van der Waals surface area (Å²) in [4.78, 5) is 44.7. The number of Topliss-reactive ketones (excluding diaryl/α,β-unsaturated/α-hetero) is 1. The Morgan fingerprint density at radius 1 is 1.11 bits per heavy atom. The van der Waals surface area contributed by atoms with Crippen molar-refractivity contribution >= 4 is 17.8 Å². The molecule has 5 fully saturated rings. The minimum absolute atomic E-state index is 0.0653. The van der Waals surface area contributed by atoms with Crippen LogP contribution in [0.25, 0.3) is 0 Å². The predicted molar refractivity (Wildman–Crippen MR) is 159 cm³/mol. The van der Waals surface area contributed by atoms with E-state index < -0.39 is 71.5 Å². The molecule has 0 aromatic heterocycles. The minimum atomic E-state index is -1.17. The zero-order chi connectivity index (χ0) is 32.5. The highest BCUT2D eigenvalue weighted by Gasteiger charge is 2.68. The van der Waals surface area contributed by atoms with Crippen molar-refractivity contribution < 1.29 is 43.2 Å². The zero-order valence-corrected chi connectivity index (χ0v) is 28.0. The van der Waals surface area contributed by atoms with Crippen LogP contribution in [0.1, 0.15) is 74.7 Å². The third-order valence-electron chi connectivity index (χ3n) is 11.3. The van der Waals surface area contributed by atoms with E-state index in [0.29, 0.717) is 32.4 Å². The Morgan fingerprint density at radius 2 is 1.80 bits per heavy atom. The van der Waals surface area contributed by atoms with Crippen molar-refractivity contribution in [3.63, 3.8) is 0 Å². The van der Waals surface area contributed by atoms with Crippen molar-refractivity contribution in [3.05, 3.63) is 0 Å². The van der Waals surface area contributed by atoms with Crippen LogP contribution in [0.5, 0.6) is 0 Å². The molecule has 12 heteroatoms. The number of esters is 1. The summed E-state index contributed by atoms with van der Waals surface area (Å²) in [7, 11) is 3.82. The lowest BCUT2D eigenvalue weighted by Crippen LogP contribution is -2.64. The van der Waals surface area contributed by atoms with Gasteiger partial charge in [-0.15, -0.1) is 0 Å². The largest absolute Gasteiger partial charge is 0.458 e. The van der Waals surface area contributed by atoms with Crippen LogP contribution in [-0.2, 0) is 33.3 Å². The Hall–Kier alpha value is -1.83. The molecule has 0 saturated carbocycles. The smallest absolute Gasteiger partial charge is 0.410 e. The number of rotatable bonds is 4. The van der Waals surface area contributed by atoms with Crippen LogP contribution in [-0.4, -0.2) is 120 Å². The number of ether oxygens (including phenoxy) is 5. The van der Waals surface area contributed by atoms with Crippen molar-refractivity contribution in [2.24, 2.45) is 23.7 Å². The average molecular weight is 624 g/mol. The van der Waals surface area contributed by atoms with Crippen molar-refractivity contribution in [3.8, 4) is 0 Å². The van der Waals surface area contributed by atoms with E-state index in [2.05, 4.69) is 19.2 Å². The SMILES string of the molecule is CC[C@H]1OC(=O)[C@H](C)C(=O)[C@H](C)[C@@H](O[C@@H]2O[C@H](C)C[C@H](N(C)C)[C@H]2O)[C@@]2(C)C[C@@H](C)C3(NCCN4C(=O)O[C@@]1(C)[C@H]4[C@H]3C)O2. The summed E-state index contributed by atoms with van der Waals surface area (Å²) in [6.07, 6.45) is -2.73. The Balaban J connectivity index is 1.62. The van der Waals surface area contributed by atoms with Crippen molar-refractivity contribution in [1.29, 1.82) is 0 Å². The monoisotopic (exact) mass is 623 g/mol. The summed E-state index contributed by atoms with van der Waals surface area (Å²) >= 11 is 0. The van der Waals surface area contributed by atoms with Crippen LogP contribution in [0.4, 0.5) is 4.79 Å². The summed E-state index contributed by atoms with van der Waals surface area (Å²) in [6.45, 7) is 15.9. The van der Waals surface area contributed by atoms with Gasteiger partial charge in [0, 0.05) is 36.9 Å². The van der Waals surface area contributed by atoms with E-state index in [1.54, 1.807) is 18.7 Å². The number of hydrogen-bond donors (Lipinski definition) is 2. The molecule has 5 aliphatic rings. The molecule has 5 heterocycles. The first-order chi connectivity index (χ1) is 20.5. The molecule has 1 unspecified atom stereocenters. The van der Waals surface area contributed by atoms with Gasteiger partial charge in [0.1, 0.15) is 23.9 Å². The van der Waals surface area contributed by atoms with Gasteiger partial charge in [-0.25, -0.2) is 4.79 Å². The van der Waals surface area contributed by atoms with Crippen LogP contribution in [0.2, 0.25) is 0 Å². The Morgan fingerprint density at radius 3 is 2.43 bits per heavy atom. The van der Waals surface area contributed by atoms with Crippen LogP contribution in [0.3, 0.4) is 0 Å². The molecule has 0 aromatic carbocycles. The molecule has 250 valence electrons. The first-order valence-corrected chi connectivity index (χ1v) is 16.3. The summed E-state index contributed by atoms with van der Waals surface area (Å²) in [5.74, 6) is -3.30. The van der Waals surface area contributed by atoms with Crippen LogP contribution < -0.4 is 5.32 Å². The third kappa shape index (κ3) is 5.17. The highest BCUT2D eigenvalue weighted by molar-refractivity contribution is 6.00. The number of nitrogens with zero attached hydrogens (tertiary/aromatic N) is 2. The van der Waals surface area contributed by atoms with Gasteiger partial charge >= 0.3 is 12.1 Å². The van der Waals surface area contributed by atoms with Gasteiger partial charge in [0.15, 0.2) is 17.7 Å². The fourth-order valence-electron chi connectivity index (χ4n) is 9.06. The number of aliphatic hydroxyl groups is 1. The standard InChI is InChI=1S/C32H53N3O9/c1-11-22-31(8)25-20(6)32(33-12-13-35(25)29(39)43-31)16(2)15-30(7,44-32)26(18(4)23(36)19(5)27(38)41-22)42-28-24(37)21(34(9)10)14-17(3)40-28/h16-22,24-26,28,33,37H,11-15H2,1-10H3/t16-,17-,18+,19-,20-,21+,22-,24-,25-,26-,28+,30-,31-,32?/m1/s1. The Labute approximate surface area is 261 Å². The fraction of sp³-hybridized carbons (Fsp3) is 0.906.